The molecule has 0 atom stereocenters. The fraction of sp³-hybridized carbons (Fsp3) is 0.333. The van der Waals surface area contributed by atoms with E-state index in [0.717, 1.165) is 24.4 Å². The number of benzene rings is 1. The zero-order valence-electron chi connectivity index (χ0n) is 11.9. The number of alkyl halides is 3. The first kappa shape index (κ1) is 15.8. The van der Waals surface area contributed by atoms with E-state index in [1.165, 1.54) is 0 Å². The molecule has 1 aliphatic rings. The maximum absolute atomic E-state index is 13.7. The van der Waals surface area contributed by atoms with E-state index in [2.05, 4.69) is 9.97 Å². The van der Waals surface area contributed by atoms with Crippen LogP contribution in [0.1, 0.15) is 22.6 Å². The Hall–Kier alpha value is -2.09. The van der Waals surface area contributed by atoms with Gasteiger partial charge in [0, 0.05) is 43.4 Å². The van der Waals surface area contributed by atoms with Crippen molar-refractivity contribution in [2.75, 3.05) is 6.54 Å². The Bertz CT molecular complexity index is 730. The average molecular weight is 329 g/mol. The lowest BCUT2D eigenvalue weighted by Crippen LogP contribution is -2.32. The summed E-state index contributed by atoms with van der Waals surface area (Å²) in [5.74, 6) is -2.20. The second-order valence-corrected chi connectivity index (χ2v) is 5.36. The van der Waals surface area contributed by atoms with Crippen molar-refractivity contribution in [3.05, 3.63) is 58.7 Å². The van der Waals surface area contributed by atoms with E-state index in [9.17, 15) is 22.0 Å². The van der Waals surface area contributed by atoms with Gasteiger partial charge in [0.2, 0.25) is 5.82 Å². The molecule has 0 aliphatic carbocycles. The molecule has 1 aromatic carbocycles. The van der Waals surface area contributed by atoms with E-state index in [-0.39, 0.29) is 12.1 Å². The molecular weight excluding hydrogens is 317 g/mol. The van der Waals surface area contributed by atoms with Crippen LogP contribution in [0.4, 0.5) is 22.0 Å². The summed E-state index contributed by atoms with van der Waals surface area (Å²) in [7, 11) is 0. The van der Waals surface area contributed by atoms with Crippen molar-refractivity contribution in [3.8, 4) is 0 Å². The molecule has 2 heterocycles. The standard InChI is InChI=1S/C15H12F5N3/c16-11-1-2-12(17)9(5-11)7-23-4-3-13-10(8-23)6-21-14(22-13)15(18,19)20/h1-2,5-6H,3-4,7-8H2. The highest BCUT2D eigenvalue weighted by atomic mass is 19.4. The van der Waals surface area contributed by atoms with Gasteiger partial charge in [0.1, 0.15) is 11.6 Å². The van der Waals surface area contributed by atoms with Crippen LogP contribution in [-0.2, 0) is 25.7 Å². The Labute approximate surface area is 128 Å². The van der Waals surface area contributed by atoms with Gasteiger partial charge in [-0.15, -0.1) is 0 Å². The summed E-state index contributed by atoms with van der Waals surface area (Å²) in [6.45, 7) is 0.880. The van der Waals surface area contributed by atoms with Crippen molar-refractivity contribution in [3.63, 3.8) is 0 Å². The molecule has 0 N–H and O–H groups in total. The molecule has 1 aliphatic heterocycles. The minimum Gasteiger partial charge on any atom is -0.294 e. The van der Waals surface area contributed by atoms with E-state index >= 15 is 0 Å². The van der Waals surface area contributed by atoms with Crippen LogP contribution in [0.2, 0.25) is 0 Å². The monoisotopic (exact) mass is 329 g/mol. The summed E-state index contributed by atoms with van der Waals surface area (Å²) in [6.07, 6.45) is -3.12. The van der Waals surface area contributed by atoms with Crippen molar-refractivity contribution >= 4 is 0 Å². The lowest BCUT2D eigenvalue weighted by Gasteiger charge is -2.28. The molecule has 8 heteroatoms. The van der Waals surface area contributed by atoms with Crippen LogP contribution in [0.25, 0.3) is 0 Å². The summed E-state index contributed by atoms with van der Waals surface area (Å²) >= 11 is 0. The first-order valence-electron chi connectivity index (χ1n) is 6.91. The predicted molar refractivity (Wildman–Crippen MR) is 71.2 cm³/mol. The minimum atomic E-state index is -4.57. The second-order valence-electron chi connectivity index (χ2n) is 5.36. The molecule has 122 valence electrons. The maximum Gasteiger partial charge on any atom is 0.451 e. The zero-order chi connectivity index (χ0) is 16.6. The molecule has 3 nitrogen and oxygen atoms in total. The van der Waals surface area contributed by atoms with Gasteiger partial charge in [0.05, 0.1) is 5.69 Å². The summed E-state index contributed by atoms with van der Waals surface area (Å²) in [5.41, 5.74) is 1.13. The number of nitrogens with zero attached hydrogens (tertiary/aromatic N) is 3. The van der Waals surface area contributed by atoms with Gasteiger partial charge in [-0.2, -0.15) is 13.2 Å². The number of fused-ring (bicyclic) bond motifs is 1. The summed E-state index contributed by atoms with van der Waals surface area (Å²) < 4.78 is 64.6. The van der Waals surface area contributed by atoms with Gasteiger partial charge in [-0.1, -0.05) is 0 Å². The fourth-order valence-corrected chi connectivity index (χ4v) is 2.55. The number of hydrogen-bond acceptors (Lipinski definition) is 3. The van der Waals surface area contributed by atoms with Crippen molar-refractivity contribution in [1.29, 1.82) is 0 Å². The Kier molecular flexibility index (Phi) is 4.01. The fourth-order valence-electron chi connectivity index (χ4n) is 2.55. The maximum atomic E-state index is 13.7. The van der Waals surface area contributed by atoms with Gasteiger partial charge >= 0.3 is 6.18 Å². The van der Waals surface area contributed by atoms with Crippen molar-refractivity contribution in [1.82, 2.24) is 14.9 Å². The third-order valence-electron chi connectivity index (χ3n) is 3.67. The Balaban J connectivity index is 1.77. The van der Waals surface area contributed by atoms with Gasteiger partial charge in [-0.05, 0) is 18.2 Å². The van der Waals surface area contributed by atoms with Crippen LogP contribution in [0.15, 0.2) is 24.4 Å². The molecule has 2 aromatic rings. The second kappa shape index (κ2) is 5.84. The molecule has 0 unspecified atom stereocenters. The van der Waals surface area contributed by atoms with E-state index in [0.29, 0.717) is 30.8 Å². The molecule has 0 saturated heterocycles. The van der Waals surface area contributed by atoms with Gasteiger partial charge in [-0.3, -0.25) is 4.90 Å². The van der Waals surface area contributed by atoms with Crippen LogP contribution >= 0.6 is 0 Å². The highest BCUT2D eigenvalue weighted by molar-refractivity contribution is 5.23. The van der Waals surface area contributed by atoms with Gasteiger partial charge in [0.15, 0.2) is 0 Å². The molecule has 0 spiro atoms. The number of halogens is 5. The van der Waals surface area contributed by atoms with Crippen LogP contribution in [0.5, 0.6) is 0 Å². The average Bonchev–Trinajstić information content (AvgIpc) is 2.49. The Morgan fingerprint density at radius 2 is 1.96 bits per heavy atom. The first-order valence-corrected chi connectivity index (χ1v) is 6.91. The molecule has 0 saturated carbocycles. The van der Waals surface area contributed by atoms with Crippen molar-refractivity contribution in [2.24, 2.45) is 0 Å². The van der Waals surface area contributed by atoms with E-state index in [4.69, 9.17) is 0 Å². The lowest BCUT2D eigenvalue weighted by atomic mass is 10.1. The summed E-state index contributed by atoms with van der Waals surface area (Å²) in [4.78, 5) is 8.72. The zero-order valence-corrected chi connectivity index (χ0v) is 11.9. The Morgan fingerprint density at radius 1 is 1.17 bits per heavy atom. The topological polar surface area (TPSA) is 29.0 Å². The van der Waals surface area contributed by atoms with Crippen LogP contribution in [0.3, 0.4) is 0 Å². The number of rotatable bonds is 2. The van der Waals surface area contributed by atoms with Crippen LogP contribution in [0, 0.1) is 11.6 Å². The van der Waals surface area contributed by atoms with E-state index < -0.39 is 23.6 Å². The molecule has 3 rings (SSSR count). The lowest BCUT2D eigenvalue weighted by molar-refractivity contribution is -0.145. The first-order chi connectivity index (χ1) is 10.8. The summed E-state index contributed by atoms with van der Waals surface area (Å²) in [5, 5.41) is 0. The molecule has 0 fully saturated rings. The minimum absolute atomic E-state index is 0.171. The quantitative estimate of drug-likeness (QED) is 0.792. The number of hydrogen-bond donors (Lipinski definition) is 0. The van der Waals surface area contributed by atoms with Gasteiger partial charge in [0.25, 0.3) is 0 Å². The molecule has 23 heavy (non-hydrogen) atoms. The third kappa shape index (κ3) is 3.47. The highest BCUT2D eigenvalue weighted by Crippen LogP contribution is 2.28. The largest absolute Gasteiger partial charge is 0.451 e. The normalized spacial score (nSPS) is 15.5. The summed E-state index contributed by atoms with van der Waals surface area (Å²) in [6, 6.07) is 3.21. The van der Waals surface area contributed by atoms with Gasteiger partial charge in [-0.25, -0.2) is 18.7 Å². The molecule has 0 amide bonds. The predicted octanol–water partition coefficient (Wildman–Crippen LogP) is 3.33. The van der Waals surface area contributed by atoms with E-state index in [1.54, 1.807) is 0 Å². The smallest absolute Gasteiger partial charge is 0.294 e. The highest BCUT2D eigenvalue weighted by Gasteiger charge is 2.35. The van der Waals surface area contributed by atoms with Crippen molar-refractivity contribution < 1.29 is 22.0 Å². The Morgan fingerprint density at radius 3 is 2.70 bits per heavy atom. The van der Waals surface area contributed by atoms with E-state index in [1.807, 2.05) is 4.90 Å². The molecule has 1 aromatic heterocycles. The molecule has 0 radical (unpaired) electrons. The number of aromatic nitrogens is 2. The third-order valence-corrected chi connectivity index (χ3v) is 3.67. The van der Waals surface area contributed by atoms with Crippen molar-refractivity contribution in [2.45, 2.75) is 25.7 Å². The SMILES string of the molecule is Fc1ccc(F)c(CN2CCc3nc(C(F)(F)F)ncc3C2)c1. The van der Waals surface area contributed by atoms with Gasteiger partial charge < -0.3 is 0 Å². The molecular formula is C15H12F5N3. The van der Waals surface area contributed by atoms with Crippen LogP contribution < -0.4 is 0 Å². The van der Waals surface area contributed by atoms with Crippen LogP contribution in [-0.4, -0.2) is 21.4 Å². The molecule has 0 bridgehead atoms.